The van der Waals surface area contributed by atoms with Crippen LogP contribution in [0.15, 0.2) is 0 Å². The Balaban J connectivity index is 2.05. The molecule has 0 radical (unpaired) electrons. The molecular formula is C13H25N3O4S. The number of hydrogen-bond donors (Lipinski definition) is 1. The molecule has 0 bridgehead atoms. The van der Waals surface area contributed by atoms with Crippen molar-refractivity contribution in [3.63, 3.8) is 0 Å². The van der Waals surface area contributed by atoms with E-state index in [0.717, 1.165) is 13.1 Å². The normalized spacial score (nSPS) is 29.2. The SMILES string of the molecule is CCN(CC)C(=O)N[C@@H]1CS(=O)(=O)C[C@H]1N1CCOCC1. The Morgan fingerprint density at radius 1 is 1.24 bits per heavy atom. The largest absolute Gasteiger partial charge is 0.379 e. The molecule has 0 aromatic carbocycles. The van der Waals surface area contributed by atoms with E-state index in [1.807, 2.05) is 13.8 Å². The van der Waals surface area contributed by atoms with Gasteiger partial charge in [-0.05, 0) is 13.8 Å². The van der Waals surface area contributed by atoms with Gasteiger partial charge in [0.2, 0.25) is 0 Å². The third kappa shape index (κ3) is 4.08. The quantitative estimate of drug-likeness (QED) is 0.758. The Kier molecular flexibility index (Phi) is 5.45. The molecule has 0 aromatic heterocycles. The Bertz CT molecular complexity index is 458. The fraction of sp³-hybridized carbons (Fsp3) is 0.923. The summed E-state index contributed by atoms with van der Waals surface area (Å²) in [4.78, 5) is 16.0. The van der Waals surface area contributed by atoms with Crippen molar-refractivity contribution in [3.8, 4) is 0 Å². The summed E-state index contributed by atoms with van der Waals surface area (Å²) < 4.78 is 29.2. The zero-order valence-electron chi connectivity index (χ0n) is 12.7. The summed E-state index contributed by atoms with van der Waals surface area (Å²) in [6, 6.07) is -0.653. The maximum atomic E-state index is 12.2. The molecule has 0 unspecified atom stereocenters. The van der Waals surface area contributed by atoms with Crippen LogP contribution in [-0.2, 0) is 14.6 Å². The molecule has 122 valence electrons. The number of ether oxygens (including phenoxy) is 1. The van der Waals surface area contributed by atoms with E-state index in [4.69, 9.17) is 4.74 Å². The zero-order valence-corrected chi connectivity index (χ0v) is 13.6. The molecule has 2 saturated heterocycles. The number of carbonyl (C=O) groups excluding carboxylic acids is 1. The van der Waals surface area contributed by atoms with Gasteiger partial charge >= 0.3 is 6.03 Å². The van der Waals surface area contributed by atoms with Crippen LogP contribution in [0.2, 0.25) is 0 Å². The van der Waals surface area contributed by atoms with E-state index in [0.29, 0.717) is 26.3 Å². The van der Waals surface area contributed by atoms with Gasteiger partial charge < -0.3 is 15.0 Å². The van der Waals surface area contributed by atoms with Crippen molar-refractivity contribution >= 4 is 15.9 Å². The number of sulfone groups is 1. The minimum absolute atomic E-state index is 0.0298. The van der Waals surface area contributed by atoms with Crippen molar-refractivity contribution in [2.24, 2.45) is 0 Å². The van der Waals surface area contributed by atoms with E-state index in [1.165, 1.54) is 0 Å². The lowest BCUT2D eigenvalue weighted by atomic mass is 10.1. The molecule has 0 aromatic rings. The van der Waals surface area contributed by atoms with Crippen molar-refractivity contribution in [1.82, 2.24) is 15.1 Å². The van der Waals surface area contributed by atoms with E-state index >= 15 is 0 Å². The maximum absolute atomic E-state index is 12.2. The lowest BCUT2D eigenvalue weighted by Crippen LogP contribution is -2.56. The van der Waals surface area contributed by atoms with Crippen LogP contribution in [0, 0.1) is 0 Å². The molecule has 7 nitrogen and oxygen atoms in total. The first kappa shape index (κ1) is 16.5. The average Bonchev–Trinajstić information content (AvgIpc) is 2.76. The minimum Gasteiger partial charge on any atom is -0.379 e. The number of nitrogens with zero attached hydrogens (tertiary/aromatic N) is 2. The molecule has 2 atom stereocenters. The predicted octanol–water partition coefficient (Wildman–Crippen LogP) is -0.464. The van der Waals surface area contributed by atoms with Crippen molar-refractivity contribution in [1.29, 1.82) is 0 Å². The van der Waals surface area contributed by atoms with E-state index in [2.05, 4.69) is 10.2 Å². The molecule has 2 rings (SSSR count). The molecule has 0 saturated carbocycles. The molecule has 1 N–H and O–H groups in total. The van der Waals surface area contributed by atoms with E-state index in [1.54, 1.807) is 4.90 Å². The Morgan fingerprint density at radius 3 is 2.43 bits per heavy atom. The summed E-state index contributed by atoms with van der Waals surface area (Å²) in [6.45, 7) is 7.73. The first-order valence-corrected chi connectivity index (χ1v) is 9.36. The first-order valence-electron chi connectivity index (χ1n) is 7.54. The van der Waals surface area contributed by atoms with E-state index in [-0.39, 0.29) is 29.6 Å². The smallest absolute Gasteiger partial charge is 0.317 e. The van der Waals surface area contributed by atoms with Crippen molar-refractivity contribution in [2.45, 2.75) is 25.9 Å². The fourth-order valence-corrected chi connectivity index (χ4v) is 4.95. The number of nitrogens with one attached hydrogen (secondary N) is 1. The van der Waals surface area contributed by atoms with Crippen LogP contribution in [0.25, 0.3) is 0 Å². The van der Waals surface area contributed by atoms with Gasteiger partial charge in [0, 0.05) is 32.2 Å². The standard InChI is InChI=1S/C13H25N3O4S/c1-3-15(4-2)13(17)14-11-9-21(18,19)10-12(11)16-5-7-20-8-6-16/h11-12H,3-10H2,1-2H3,(H,14,17)/t11-,12-/m1/s1. The molecular weight excluding hydrogens is 294 g/mol. The van der Waals surface area contributed by atoms with Crippen LogP contribution in [0.5, 0.6) is 0 Å². The number of hydrogen-bond acceptors (Lipinski definition) is 5. The zero-order chi connectivity index (χ0) is 15.5. The molecule has 0 spiro atoms. The van der Waals surface area contributed by atoms with E-state index < -0.39 is 9.84 Å². The molecule has 2 aliphatic heterocycles. The lowest BCUT2D eigenvalue weighted by molar-refractivity contribution is 0.0168. The van der Waals surface area contributed by atoms with Gasteiger partial charge in [-0.15, -0.1) is 0 Å². The van der Waals surface area contributed by atoms with Gasteiger partial charge in [0.25, 0.3) is 0 Å². The highest BCUT2D eigenvalue weighted by Gasteiger charge is 2.42. The third-order valence-corrected chi connectivity index (χ3v) is 5.91. The van der Waals surface area contributed by atoms with Gasteiger partial charge in [0.05, 0.1) is 30.8 Å². The molecule has 0 aliphatic carbocycles. The molecule has 2 amide bonds. The number of rotatable bonds is 4. The van der Waals surface area contributed by atoms with Gasteiger partial charge in [-0.3, -0.25) is 4.90 Å². The maximum Gasteiger partial charge on any atom is 0.317 e. The summed E-state index contributed by atoms with van der Waals surface area (Å²) in [5.41, 5.74) is 0. The number of amides is 2. The van der Waals surface area contributed by atoms with Crippen LogP contribution in [0.3, 0.4) is 0 Å². The second kappa shape index (κ2) is 6.93. The second-order valence-corrected chi connectivity index (χ2v) is 7.67. The minimum atomic E-state index is -3.09. The monoisotopic (exact) mass is 319 g/mol. The topological polar surface area (TPSA) is 79.0 Å². The Labute approximate surface area is 126 Å². The molecule has 2 heterocycles. The van der Waals surface area contributed by atoms with Crippen LogP contribution in [0.1, 0.15) is 13.8 Å². The summed E-state index contributed by atoms with van der Waals surface area (Å²) >= 11 is 0. The fourth-order valence-electron chi connectivity index (χ4n) is 3.00. The molecule has 2 aliphatic rings. The van der Waals surface area contributed by atoms with E-state index in [9.17, 15) is 13.2 Å². The number of carbonyl (C=O) groups is 1. The van der Waals surface area contributed by atoms with Crippen LogP contribution < -0.4 is 5.32 Å². The van der Waals surface area contributed by atoms with Crippen LogP contribution >= 0.6 is 0 Å². The summed E-state index contributed by atoms with van der Waals surface area (Å²) in [7, 11) is -3.09. The second-order valence-electron chi connectivity index (χ2n) is 5.52. The van der Waals surface area contributed by atoms with Gasteiger partial charge in [0.1, 0.15) is 0 Å². The average molecular weight is 319 g/mol. The van der Waals surface area contributed by atoms with Crippen LogP contribution in [0.4, 0.5) is 4.79 Å². The summed E-state index contributed by atoms with van der Waals surface area (Å²) in [5, 5.41) is 2.91. The first-order chi connectivity index (χ1) is 9.96. The van der Waals surface area contributed by atoms with Gasteiger partial charge in [0.15, 0.2) is 9.84 Å². The van der Waals surface area contributed by atoms with Crippen LogP contribution in [-0.4, -0.2) is 87.2 Å². The third-order valence-electron chi connectivity index (χ3n) is 4.20. The van der Waals surface area contributed by atoms with Crippen molar-refractivity contribution in [3.05, 3.63) is 0 Å². The predicted molar refractivity (Wildman–Crippen MR) is 80.1 cm³/mol. The number of morpholine rings is 1. The highest BCUT2D eigenvalue weighted by molar-refractivity contribution is 7.91. The summed E-state index contributed by atoms with van der Waals surface area (Å²) in [5.74, 6) is 0.151. The Hall–Kier alpha value is -0.860. The highest BCUT2D eigenvalue weighted by Crippen LogP contribution is 2.20. The van der Waals surface area contributed by atoms with Gasteiger partial charge in [-0.25, -0.2) is 13.2 Å². The summed E-state index contributed by atoms with van der Waals surface area (Å²) in [6.07, 6.45) is 0. The lowest BCUT2D eigenvalue weighted by Gasteiger charge is -2.35. The number of urea groups is 1. The Morgan fingerprint density at radius 2 is 1.86 bits per heavy atom. The highest BCUT2D eigenvalue weighted by atomic mass is 32.2. The van der Waals surface area contributed by atoms with Gasteiger partial charge in [-0.1, -0.05) is 0 Å². The molecule has 8 heteroatoms. The van der Waals surface area contributed by atoms with Crippen molar-refractivity contribution < 1.29 is 17.9 Å². The molecule has 2 fully saturated rings. The molecule has 21 heavy (non-hydrogen) atoms. The van der Waals surface area contributed by atoms with Crippen molar-refractivity contribution in [2.75, 3.05) is 50.9 Å². The van der Waals surface area contributed by atoms with Gasteiger partial charge in [-0.2, -0.15) is 0 Å².